The summed E-state index contributed by atoms with van der Waals surface area (Å²) in [5, 5.41) is 0. The van der Waals surface area contributed by atoms with Gasteiger partial charge in [0.25, 0.3) is 0 Å². The van der Waals surface area contributed by atoms with Crippen molar-refractivity contribution >= 4 is 17.7 Å². The summed E-state index contributed by atoms with van der Waals surface area (Å²) in [5.74, 6) is 1.25. The van der Waals surface area contributed by atoms with Crippen LogP contribution < -0.4 is 14.4 Å². The topological polar surface area (TPSA) is 51.2 Å². The number of methoxy groups -OCH3 is 2. The van der Waals surface area contributed by atoms with Crippen molar-refractivity contribution in [3.8, 4) is 11.5 Å². The molecule has 2 aromatic rings. The van der Waals surface area contributed by atoms with E-state index in [-0.39, 0.29) is 12.0 Å². The number of hydrogen-bond acceptors (Lipinski definition) is 5. The molecule has 0 bridgehead atoms. The van der Waals surface area contributed by atoms with Crippen LogP contribution in [-0.4, -0.2) is 58.4 Å². The van der Waals surface area contributed by atoms with Gasteiger partial charge >= 0.3 is 0 Å². The zero-order valence-electron chi connectivity index (χ0n) is 18.8. The van der Waals surface area contributed by atoms with Crippen LogP contribution in [0, 0.1) is 0 Å². The second-order valence-electron chi connectivity index (χ2n) is 7.86. The van der Waals surface area contributed by atoms with Gasteiger partial charge in [-0.2, -0.15) is 0 Å². The molecule has 0 saturated carbocycles. The number of benzene rings is 2. The second kappa shape index (κ2) is 10.9. The quantitative estimate of drug-likeness (QED) is 0.570. The molecule has 0 radical (unpaired) electrons. The smallest absolute Gasteiger partial charge is 0.246 e. The van der Waals surface area contributed by atoms with E-state index in [1.807, 2.05) is 43.3 Å². The van der Waals surface area contributed by atoms with Crippen molar-refractivity contribution in [2.75, 3.05) is 46.4 Å². The van der Waals surface area contributed by atoms with E-state index in [4.69, 9.17) is 14.2 Å². The summed E-state index contributed by atoms with van der Waals surface area (Å²) >= 11 is 0. The first-order valence-corrected chi connectivity index (χ1v) is 10.6. The lowest BCUT2D eigenvalue weighted by Gasteiger charge is -2.25. The molecule has 1 aliphatic heterocycles. The lowest BCUT2D eigenvalue weighted by molar-refractivity contribution is -0.128. The molecule has 1 saturated heterocycles. The fourth-order valence-electron chi connectivity index (χ4n) is 3.62. The largest absolute Gasteiger partial charge is 0.493 e. The van der Waals surface area contributed by atoms with E-state index in [1.54, 1.807) is 20.3 Å². The Bertz CT molecular complexity index is 887. The molecule has 1 aliphatic rings. The second-order valence-corrected chi connectivity index (χ2v) is 7.86. The summed E-state index contributed by atoms with van der Waals surface area (Å²) in [6.07, 6.45) is 5.56. The summed E-state index contributed by atoms with van der Waals surface area (Å²) < 4.78 is 16.4. The van der Waals surface area contributed by atoms with Crippen LogP contribution in [0.4, 0.5) is 5.69 Å². The average molecular weight is 425 g/mol. The van der Waals surface area contributed by atoms with Crippen molar-refractivity contribution in [1.29, 1.82) is 0 Å². The predicted octanol–water partition coefficient (Wildman–Crippen LogP) is 3.99. The molecule has 0 aromatic heterocycles. The van der Waals surface area contributed by atoms with E-state index in [0.29, 0.717) is 24.6 Å². The molecule has 31 heavy (non-hydrogen) atoms. The van der Waals surface area contributed by atoms with Crippen molar-refractivity contribution < 1.29 is 19.0 Å². The Hall–Kier alpha value is -2.99. The normalized spacial score (nSPS) is 15.8. The van der Waals surface area contributed by atoms with Crippen LogP contribution in [-0.2, 0) is 16.1 Å². The van der Waals surface area contributed by atoms with Gasteiger partial charge in [0, 0.05) is 45.6 Å². The van der Waals surface area contributed by atoms with Crippen LogP contribution in [0.1, 0.15) is 24.0 Å². The number of carbonyl (C=O) groups is 1. The van der Waals surface area contributed by atoms with Gasteiger partial charge in [0.15, 0.2) is 11.5 Å². The molecule has 0 aliphatic carbocycles. The van der Waals surface area contributed by atoms with Crippen LogP contribution in [0.3, 0.4) is 0 Å². The van der Waals surface area contributed by atoms with Gasteiger partial charge in [-0.15, -0.1) is 0 Å². The molecule has 1 heterocycles. The van der Waals surface area contributed by atoms with Crippen LogP contribution >= 0.6 is 0 Å². The summed E-state index contributed by atoms with van der Waals surface area (Å²) in [7, 11) is 7.23. The van der Waals surface area contributed by atoms with Crippen molar-refractivity contribution in [3.63, 3.8) is 0 Å². The lowest BCUT2D eigenvalue weighted by atomic mass is 10.1. The van der Waals surface area contributed by atoms with Crippen LogP contribution in [0.15, 0.2) is 48.5 Å². The Morgan fingerprint density at radius 2 is 1.84 bits per heavy atom. The van der Waals surface area contributed by atoms with Crippen LogP contribution in [0.2, 0.25) is 0 Å². The zero-order valence-corrected chi connectivity index (χ0v) is 18.8. The fourth-order valence-corrected chi connectivity index (χ4v) is 3.62. The molecule has 6 heteroatoms. The molecule has 1 amide bonds. The standard InChI is InChI=1S/C25H32N2O4/c1-26(2)21-11-7-20(8-12-21)17-27(18-22-6-5-15-31-22)25(28)14-10-19-9-13-23(29-3)24(16-19)30-4/h7-14,16,22H,5-6,15,17-18H2,1-4H3. The van der Waals surface area contributed by atoms with E-state index in [2.05, 4.69) is 29.2 Å². The van der Waals surface area contributed by atoms with Gasteiger partial charge in [-0.3, -0.25) is 4.79 Å². The minimum atomic E-state index is -0.0398. The average Bonchev–Trinajstić information content (AvgIpc) is 3.30. The SMILES string of the molecule is COc1ccc(C=CC(=O)N(Cc2ccc(N(C)C)cc2)CC2CCCO2)cc1OC. The van der Waals surface area contributed by atoms with Crippen LogP contribution in [0.5, 0.6) is 11.5 Å². The maximum absolute atomic E-state index is 13.1. The third-order valence-electron chi connectivity index (χ3n) is 5.41. The fraction of sp³-hybridized carbons (Fsp3) is 0.400. The first kappa shape index (κ1) is 22.7. The number of hydrogen-bond donors (Lipinski definition) is 0. The van der Waals surface area contributed by atoms with Gasteiger partial charge in [0.05, 0.1) is 20.3 Å². The van der Waals surface area contributed by atoms with Crippen LogP contribution in [0.25, 0.3) is 6.08 Å². The van der Waals surface area contributed by atoms with Gasteiger partial charge in [0.2, 0.25) is 5.91 Å². The Balaban J connectivity index is 1.74. The summed E-state index contributed by atoms with van der Waals surface area (Å²) in [6.45, 7) is 1.90. The zero-order chi connectivity index (χ0) is 22.2. The predicted molar refractivity (Wildman–Crippen MR) is 124 cm³/mol. The molecule has 2 aromatic carbocycles. The van der Waals surface area contributed by atoms with Gasteiger partial charge in [-0.05, 0) is 54.3 Å². The maximum Gasteiger partial charge on any atom is 0.246 e. The number of rotatable bonds is 9. The van der Waals surface area contributed by atoms with E-state index in [1.165, 1.54) is 0 Å². The number of anilines is 1. The maximum atomic E-state index is 13.1. The first-order chi connectivity index (χ1) is 15.0. The van der Waals surface area contributed by atoms with Gasteiger partial charge < -0.3 is 24.0 Å². The molecule has 0 N–H and O–H groups in total. The van der Waals surface area contributed by atoms with E-state index in [9.17, 15) is 4.79 Å². The summed E-state index contributed by atoms with van der Waals surface area (Å²) in [5.41, 5.74) is 3.10. The Labute approximate surface area is 185 Å². The molecule has 1 fully saturated rings. The highest BCUT2D eigenvalue weighted by atomic mass is 16.5. The van der Waals surface area contributed by atoms with Crippen molar-refractivity contribution in [1.82, 2.24) is 4.90 Å². The summed E-state index contributed by atoms with van der Waals surface area (Å²) in [4.78, 5) is 17.0. The lowest BCUT2D eigenvalue weighted by Crippen LogP contribution is -2.35. The number of nitrogens with zero attached hydrogens (tertiary/aromatic N) is 2. The molecule has 1 atom stereocenters. The van der Waals surface area contributed by atoms with Gasteiger partial charge in [0.1, 0.15) is 0 Å². The Kier molecular flexibility index (Phi) is 7.95. The minimum absolute atomic E-state index is 0.0398. The van der Waals surface area contributed by atoms with Gasteiger partial charge in [-0.25, -0.2) is 0 Å². The van der Waals surface area contributed by atoms with E-state index in [0.717, 1.165) is 36.3 Å². The van der Waals surface area contributed by atoms with Crippen molar-refractivity contribution in [2.24, 2.45) is 0 Å². The Morgan fingerprint density at radius 1 is 1.10 bits per heavy atom. The highest BCUT2D eigenvalue weighted by molar-refractivity contribution is 5.92. The molecular formula is C25H32N2O4. The van der Waals surface area contributed by atoms with E-state index < -0.39 is 0 Å². The van der Waals surface area contributed by atoms with E-state index >= 15 is 0 Å². The van der Waals surface area contributed by atoms with Crippen molar-refractivity contribution in [3.05, 3.63) is 59.7 Å². The molecule has 6 nitrogen and oxygen atoms in total. The van der Waals surface area contributed by atoms with Gasteiger partial charge in [-0.1, -0.05) is 18.2 Å². The molecule has 0 spiro atoms. The molecule has 1 unspecified atom stereocenters. The molecular weight excluding hydrogens is 392 g/mol. The number of carbonyl (C=O) groups excluding carboxylic acids is 1. The third kappa shape index (κ3) is 6.25. The first-order valence-electron chi connectivity index (χ1n) is 10.6. The number of amides is 1. The monoisotopic (exact) mass is 424 g/mol. The number of ether oxygens (including phenoxy) is 3. The van der Waals surface area contributed by atoms with Crippen molar-refractivity contribution in [2.45, 2.75) is 25.5 Å². The Morgan fingerprint density at radius 3 is 2.45 bits per heavy atom. The molecule has 166 valence electrons. The summed E-state index contributed by atoms with van der Waals surface area (Å²) in [6, 6.07) is 13.9. The highest BCUT2D eigenvalue weighted by Gasteiger charge is 2.22. The minimum Gasteiger partial charge on any atom is -0.493 e. The molecule has 3 rings (SSSR count). The third-order valence-corrected chi connectivity index (χ3v) is 5.41. The highest BCUT2D eigenvalue weighted by Crippen LogP contribution is 2.28.